The van der Waals surface area contributed by atoms with Gasteiger partial charge in [0.25, 0.3) is 5.69 Å². The molecule has 1 amide bonds. The predicted octanol–water partition coefficient (Wildman–Crippen LogP) is 4.24. The summed E-state index contributed by atoms with van der Waals surface area (Å²) in [5, 5.41) is 14.0. The van der Waals surface area contributed by atoms with Gasteiger partial charge < -0.3 is 5.32 Å². The van der Waals surface area contributed by atoms with Crippen LogP contribution in [0.4, 0.5) is 10.8 Å². The third kappa shape index (κ3) is 3.72. The third-order valence-corrected chi connectivity index (χ3v) is 5.41. The van der Waals surface area contributed by atoms with Gasteiger partial charge in [0.2, 0.25) is 5.91 Å². The Morgan fingerprint density at radius 2 is 2.12 bits per heavy atom. The lowest BCUT2D eigenvalue weighted by atomic mass is 10.2. The Labute approximate surface area is 146 Å². The van der Waals surface area contributed by atoms with Crippen molar-refractivity contribution >= 4 is 50.0 Å². The van der Waals surface area contributed by atoms with E-state index in [1.54, 1.807) is 6.07 Å². The van der Waals surface area contributed by atoms with Crippen molar-refractivity contribution in [1.82, 2.24) is 4.98 Å². The van der Waals surface area contributed by atoms with Crippen LogP contribution in [0.2, 0.25) is 0 Å². The van der Waals surface area contributed by atoms with Crippen molar-refractivity contribution in [2.24, 2.45) is 0 Å². The van der Waals surface area contributed by atoms with Crippen LogP contribution in [-0.4, -0.2) is 21.6 Å². The molecule has 1 aromatic heterocycles. The summed E-state index contributed by atoms with van der Waals surface area (Å²) in [6.07, 6.45) is 0. The number of thioether (sulfide) groups is 1. The standard InChI is InChI=1S/C16H13N3O3S2/c1-10-4-2-3-5-13(10)23-9-15(20)18-16-17-12-8-11(19(21)22)6-7-14(12)24-16/h2-8H,9H2,1H3,(H,17,18,20). The van der Waals surface area contributed by atoms with Crippen LogP contribution < -0.4 is 5.32 Å². The number of aromatic nitrogens is 1. The monoisotopic (exact) mass is 359 g/mol. The first-order valence-electron chi connectivity index (χ1n) is 7.06. The number of nitro benzene ring substituents is 1. The first-order valence-corrected chi connectivity index (χ1v) is 8.86. The number of nitro groups is 1. The van der Waals surface area contributed by atoms with E-state index >= 15 is 0 Å². The molecule has 0 aliphatic heterocycles. The number of rotatable bonds is 5. The molecule has 8 heteroatoms. The van der Waals surface area contributed by atoms with Gasteiger partial charge in [-0.05, 0) is 24.6 Å². The van der Waals surface area contributed by atoms with Gasteiger partial charge in [-0.3, -0.25) is 14.9 Å². The Hall–Kier alpha value is -2.45. The maximum Gasteiger partial charge on any atom is 0.271 e. The minimum atomic E-state index is -0.462. The zero-order valence-corrected chi connectivity index (χ0v) is 14.3. The van der Waals surface area contributed by atoms with Gasteiger partial charge >= 0.3 is 0 Å². The molecule has 0 saturated heterocycles. The smallest absolute Gasteiger partial charge is 0.271 e. The largest absolute Gasteiger partial charge is 0.301 e. The number of non-ortho nitro benzene ring substituents is 1. The van der Waals surface area contributed by atoms with Crippen molar-refractivity contribution in [3.63, 3.8) is 0 Å². The summed E-state index contributed by atoms with van der Waals surface area (Å²) in [5.41, 5.74) is 1.62. The fraction of sp³-hybridized carbons (Fsp3) is 0.125. The second kappa shape index (κ2) is 6.98. The lowest BCUT2D eigenvalue weighted by Gasteiger charge is -2.04. The zero-order chi connectivity index (χ0) is 17.1. The third-order valence-electron chi connectivity index (χ3n) is 3.28. The van der Waals surface area contributed by atoms with Gasteiger partial charge in [-0.1, -0.05) is 29.5 Å². The highest BCUT2D eigenvalue weighted by Gasteiger charge is 2.12. The van der Waals surface area contributed by atoms with Gasteiger partial charge in [-0.15, -0.1) is 11.8 Å². The van der Waals surface area contributed by atoms with Gasteiger partial charge in [-0.2, -0.15) is 0 Å². The summed E-state index contributed by atoms with van der Waals surface area (Å²) in [5.74, 6) is 0.123. The van der Waals surface area contributed by atoms with Crippen LogP contribution in [0, 0.1) is 17.0 Å². The van der Waals surface area contributed by atoms with Gasteiger partial charge in [-0.25, -0.2) is 4.98 Å². The average Bonchev–Trinajstić information content (AvgIpc) is 2.95. The van der Waals surface area contributed by atoms with Crippen molar-refractivity contribution in [2.75, 3.05) is 11.1 Å². The van der Waals surface area contributed by atoms with E-state index in [-0.39, 0.29) is 17.3 Å². The molecule has 2 aromatic carbocycles. The van der Waals surface area contributed by atoms with E-state index in [0.29, 0.717) is 10.6 Å². The number of hydrogen-bond acceptors (Lipinski definition) is 6. The molecule has 1 heterocycles. The Balaban J connectivity index is 1.67. The summed E-state index contributed by atoms with van der Waals surface area (Å²) < 4.78 is 0.794. The molecular weight excluding hydrogens is 346 g/mol. The highest BCUT2D eigenvalue weighted by Crippen LogP contribution is 2.29. The number of hydrogen-bond donors (Lipinski definition) is 1. The van der Waals surface area contributed by atoms with E-state index in [1.165, 1.54) is 35.2 Å². The minimum absolute atomic E-state index is 0.0132. The number of carbonyl (C=O) groups is 1. The maximum absolute atomic E-state index is 12.1. The number of thiazole rings is 1. The maximum atomic E-state index is 12.1. The highest BCUT2D eigenvalue weighted by molar-refractivity contribution is 8.00. The van der Waals surface area contributed by atoms with Crippen molar-refractivity contribution in [1.29, 1.82) is 0 Å². The molecular formula is C16H13N3O3S2. The molecule has 3 aromatic rings. The van der Waals surface area contributed by atoms with E-state index in [4.69, 9.17) is 0 Å². The Morgan fingerprint density at radius 3 is 2.88 bits per heavy atom. The normalized spacial score (nSPS) is 10.7. The fourth-order valence-corrected chi connectivity index (χ4v) is 3.79. The Bertz CT molecular complexity index is 924. The van der Waals surface area contributed by atoms with Crippen molar-refractivity contribution in [2.45, 2.75) is 11.8 Å². The van der Waals surface area contributed by atoms with E-state index in [1.807, 2.05) is 31.2 Å². The molecule has 0 aliphatic carbocycles. The van der Waals surface area contributed by atoms with Crippen LogP contribution in [0.25, 0.3) is 10.2 Å². The summed E-state index contributed by atoms with van der Waals surface area (Å²) in [6.45, 7) is 2.00. The molecule has 6 nitrogen and oxygen atoms in total. The molecule has 0 saturated carbocycles. The predicted molar refractivity (Wildman–Crippen MR) is 96.8 cm³/mol. The average molecular weight is 359 g/mol. The lowest BCUT2D eigenvalue weighted by Crippen LogP contribution is -2.13. The second-order valence-corrected chi connectivity index (χ2v) is 7.08. The molecule has 0 atom stereocenters. The molecule has 1 N–H and O–H groups in total. The van der Waals surface area contributed by atoms with Crippen LogP contribution in [0.15, 0.2) is 47.4 Å². The van der Waals surface area contributed by atoms with Gasteiger partial charge in [0.1, 0.15) is 0 Å². The number of anilines is 1. The SMILES string of the molecule is Cc1ccccc1SCC(=O)Nc1nc2cc([N+](=O)[O-])ccc2s1. The molecule has 0 spiro atoms. The minimum Gasteiger partial charge on any atom is -0.301 e. The molecule has 0 fully saturated rings. The van der Waals surface area contributed by atoms with E-state index in [2.05, 4.69) is 10.3 Å². The molecule has 122 valence electrons. The van der Waals surface area contributed by atoms with Crippen LogP contribution in [0.1, 0.15) is 5.56 Å². The van der Waals surface area contributed by atoms with Crippen molar-refractivity contribution < 1.29 is 9.72 Å². The van der Waals surface area contributed by atoms with Crippen molar-refractivity contribution in [3.8, 4) is 0 Å². The second-order valence-electron chi connectivity index (χ2n) is 5.03. The number of aryl methyl sites for hydroxylation is 1. The molecule has 24 heavy (non-hydrogen) atoms. The number of nitrogens with zero attached hydrogens (tertiary/aromatic N) is 2. The Kier molecular flexibility index (Phi) is 4.77. The summed E-state index contributed by atoms with van der Waals surface area (Å²) in [7, 11) is 0. The Morgan fingerprint density at radius 1 is 1.33 bits per heavy atom. The van der Waals surface area contributed by atoms with Crippen LogP contribution in [0.5, 0.6) is 0 Å². The fourth-order valence-electron chi connectivity index (χ4n) is 2.10. The summed E-state index contributed by atoms with van der Waals surface area (Å²) >= 11 is 2.76. The highest BCUT2D eigenvalue weighted by atomic mass is 32.2. The molecule has 0 radical (unpaired) electrons. The summed E-state index contributed by atoms with van der Waals surface area (Å²) in [6, 6.07) is 12.4. The van der Waals surface area contributed by atoms with Crippen LogP contribution >= 0.6 is 23.1 Å². The first kappa shape index (κ1) is 16.4. The van der Waals surface area contributed by atoms with E-state index in [9.17, 15) is 14.9 Å². The molecule has 3 rings (SSSR count). The quantitative estimate of drug-likeness (QED) is 0.418. The lowest BCUT2D eigenvalue weighted by molar-refractivity contribution is -0.384. The topological polar surface area (TPSA) is 85.1 Å². The zero-order valence-electron chi connectivity index (χ0n) is 12.7. The van der Waals surface area contributed by atoms with Crippen molar-refractivity contribution in [3.05, 3.63) is 58.1 Å². The number of benzene rings is 2. The van der Waals surface area contributed by atoms with E-state index in [0.717, 1.165) is 15.2 Å². The number of fused-ring (bicyclic) bond motifs is 1. The first-order chi connectivity index (χ1) is 11.5. The number of carbonyl (C=O) groups excluding carboxylic acids is 1. The van der Waals surface area contributed by atoms with Crippen LogP contribution in [0.3, 0.4) is 0 Å². The molecule has 0 unspecified atom stereocenters. The van der Waals surface area contributed by atoms with Gasteiger partial charge in [0, 0.05) is 17.0 Å². The summed E-state index contributed by atoms with van der Waals surface area (Å²) in [4.78, 5) is 27.7. The van der Waals surface area contributed by atoms with Gasteiger partial charge in [0.05, 0.1) is 20.9 Å². The number of amides is 1. The number of nitrogens with one attached hydrogen (secondary N) is 1. The molecule has 0 bridgehead atoms. The van der Waals surface area contributed by atoms with E-state index < -0.39 is 4.92 Å². The molecule has 0 aliphatic rings. The van der Waals surface area contributed by atoms with Gasteiger partial charge in [0.15, 0.2) is 5.13 Å². The van der Waals surface area contributed by atoms with Crippen LogP contribution in [-0.2, 0) is 4.79 Å².